The number of hydrazone groups is 1. The van der Waals surface area contributed by atoms with Crippen LogP contribution in [-0.2, 0) is 25.7 Å². The van der Waals surface area contributed by atoms with Crippen LogP contribution in [0.25, 0.3) is 0 Å². The summed E-state index contributed by atoms with van der Waals surface area (Å²) >= 11 is 0. The SMILES string of the molecule is O=C(COC(=O)C1=NNC(=O)CC1)NCc1ccc(F)cc1. The Morgan fingerprint density at radius 2 is 2.00 bits per heavy atom. The van der Waals surface area contributed by atoms with Crippen molar-refractivity contribution in [3.63, 3.8) is 0 Å². The summed E-state index contributed by atoms with van der Waals surface area (Å²) in [7, 11) is 0. The van der Waals surface area contributed by atoms with Crippen molar-refractivity contribution in [1.82, 2.24) is 10.7 Å². The zero-order chi connectivity index (χ0) is 15.9. The summed E-state index contributed by atoms with van der Waals surface area (Å²) in [5, 5.41) is 6.10. The van der Waals surface area contributed by atoms with Crippen molar-refractivity contribution in [2.24, 2.45) is 5.10 Å². The fourth-order valence-electron chi connectivity index (χ4n) is 1.69. The highest BCUT2D eigenvalue weighted by atomic mass is 19.1. The largest absolute Gasteiger partial charge is 0.451 e. The number of nitrogens with zero attached hydrogens (tertiary/aromatic N) is 1. The lowest BCUT2D eigenvalue weighted by molar-refractivity contribution is -0.142. The molecule has 0 radical (unpaired) electrons. The maximum absolute atomic E-state index is 12.7. The quantitative estimate of drug-likeness (QED) is 0.762. The first kappa shape index (κ1) is 15.6. The monoisotopic (exact) mass is 307 g/mol. The molecular weight excluding hydrogens is 293 g/mol. The molecule has 0 aromatic heterocycles. The number of carbonyl (C=O) groups is 3. The van der Waals surface area contributed by atoms with Gasteiger partial charge in [0.15, 0.2) is 6.61 Å². The van der Waals surface area contributed by atoms with Gasteiger partial charge >= 0.3 is 5.97 Å². The lowest BCUT2D eigenvalue weighted by atomic mass is 10.2. The van der Waals surface area contributed by atoms with Crippen LogP contribution in [0.1, 0.15) is 18.4 Å². The molecule has 7 nitrogen and oxygen atoms in total. The molecule has 2 N–H and O–H groups in total. The number of amides is 2. The van der Waals surface area contributed by atoms with Gasteiger partial charge in [-0.05, 0) is 17.7 Å². The third kappa shape index (κ3) is 4.65. The Hall–Kier alpha value is -2.77. The highest BCUT2D eigenvalue weighted by Gasteiger charge is 2.20. The fraction of sp³-hybridized carbons (Fsp3) is 0.286. The van der Waals surface area contributed by atoms with Crippen molar-refractivity contribution in [3.8, 4) is 0 Å². The van der Waals surface area contributed by atoms with Gasteiger partial charge in [0.1, 0.15) is 11.5 Å². The van der Waals surface area contributed by atoms with Crippen LogP contribution in [0.3, 0.4) is 0 Å². The molecule has 0 fully saturated rings. The third-order valence-electron chi connectivity index (χ3n) is 2.88. The van der Waals surface area contributed by atoms with Gasteiger partial charge in [0.25, 0.3) is 5.91 Å². The maximum Gasteiger partial charge on any atom is 0.355 e. The van der Waals surface area contributed by atoms with Crippen LogP contribution in [0.4, 0.5) is 4.39 Å². The van der Waals surface area contributed by atoms with Gasteiger partial charge in [-0.2, -0.15) is 5.10 Å². The summed E-state index contributed by atoms with van der Waals surface area (Å²) in [6, 6.07) is 5.66. The molecule has 0 bridgehead atoms. The number of rotatable bonds is 5. The summed E-state index contributed by atoms with van der Waals surface area (Å²) in [5.74, 6) is -1.85. The van der Waals surface area contributed by atoms with E-state index in [-0.39, 0.29) is 36.8 Å². The van der Waals surface area contributed by atoms with E-state index >= 15 is 0 Å². The zero-order valence-corrected chi connectivity index (χ0v) is 11.6. The lowest BCUT2D eigenvalue weighted by Gasteiger charge is -2.11. The van der Waals surface area contributed by atoms with Crippen molar-refractivity contribution in [2.75, 3.05) is 6.61 Å². The van der Waals surface area contributed by atoms with Crippen LogP contribution in [0, 0.1) is 5.82 Å². The second-order valence-corrected chi connectivity index (χ2v) is 4.57. The summed E-state index contributed by atoms with van der Waals surface area (Å²) in [5.41, 5.74) is 2.97. The standard InChI is InChI=1S/C14H14FN3O4/c15-10-3-1-9(2-4-10)7-16-13(20)8-22-14(21)11-5-6-12(19)18-17-11/h1-4H,5-8H2,(H,16,20)(H,18,19). The van der Waals surface area contributed by atoms with Gasteiger partial charge in [0.05, 0.1) is 0 Å². The first-order valence-corrected chi connectivity index (χ1v) is 6.58. The van der Waals surface area contributed by atoms with Gasteiger partial charge in [-0.3, -0.25) is 9.59 Å². The molecule has 2 amide bonds. The predicted octanol–water partition coefficient (Wildman–Crippen LogP) is 0.251. The van der Waals surface area contributed by atoms with Crippen molar-refractivity contribution in [2.45, 2.75) is 19.4 Å². The smallest absolute Gasteiger partial charge is 0.355 e. The second-order valence-electron chi connectivity index (χ2n) is 4.57. The first-order valence-electron chi connectivity index (χ1n) is 6.58. The maximum atomic E-state index is 12.7. The molecule has 0 spiro atoms. The molecule has 116 valence electrons. The number of ether oxygens (including phenoxy) is 1. The number of carbonyl (C=O) groups excluding carboxylic acids is 3. The summed E-state index contributed by atoms with van der Waals surface area (Å²) in [6.45, 7) is -0.249. The van der Waals surface area contributed by atoms with Gasteiger partial charge in [-0.1, -0.05) is 12.1 Å². The number of nitrogens with one attached hydrogen (secondary N) is 2. The Kier molecular flexibility index (Phi) is 5.18. The first-order chi connectivity index (χ1) is 10.5. The van der Waals surface area contributed by atoms with Crippen LogP contribution in [0.2, 0.25) is 0 Å². The number of halogens is 1. The third-order valence-corrected chi connectivity index (χ3v) is 2.88. The minimum absolute atomic E-state index is 0.0749. The van der Waals surface area contributed by atoms with Crippen LogP contribution in [-0.4, -0.2) is 30.1 Å². The van der Waals surface area contributed by atoms with Crippen molar-refractivity contribution in [1.29, 1.82) is 0 Å². The number of hydrogen-bond donors (Lipinski definition) is 2. The van der Waals surface area contributed by atoms with Gasteiger partial charge < -0.3 is 10.1 Å². The molecule has 2 rings (SSSR count). The highest BCUT2D eigenvalue weighted by molar-refractivity contribution is 6.37. The Morgan fingerprint density at radius 3 is 2.64 bits per heavy atom. The van der Waals surface area contributed by atoms with Gasteiger partial charge in [-0.15, -0.1) is 0 Å². The molecule has 1 heterocycles. The van der Waals surface area contributed by atoms with E-state index in [0.717, 1.165) is 5.56 Å². The van der Waals surface area contributed by atoms with Crippen molar-refractivity contribution < 1.29 is 23.5 Å². The van der Waals surface area contributed by atoms with Crippen LogP contribution in [0.15, 0.2) is 29.4 Å². The van der Waals surface area contributed by atoms with E-state index in [1.54, 1.807) is 12.1 Å². The highest BCUT2D eigenvalue weighted by Crippen LogP contribution is 2.03. The van der Waals surface area contributed by atoms with Gasteiger partial charge in [0, 0.05) is 19.4 Å². The summed E-state index contributed by atoms with van der Waals surface area (Å²) in [6.07, 6.45) is 0.340. The number of hydrogen-bond acceptors (Lipinski definition) is 5. The van der Waals surface area contributed by atoms with Gasteiger partial charge in [-0.25, -0.2) is 14.6 Å². The average Bonchev–Trinajstić information content (AvgIpc) is 2.52. The molecule has 0 saturated carbocycles. The number of benzene rings is 1. The van der Waals surface area contributed by atoms with Crippen molar-refractivity contribution >= 4 is 23.5 Å². The fourth-order valence-corrected chi connectivity index (χ4v) is 1.69. The normalized spacial score (nSPS) is 13.9. The van der Waals surface area contributed by atoms with E-state index in [0.29, 0.717) is 0 Å². The van der Waals surface area contributed by atoms with E-state index in [9.17, 15) is 18.8 Å². The zero-order valence-electron chi connectivity index (χ0n) is 11.6. The lowest BCUT2D eigenvalue weighted by Crippen LogP contribution is -2.33. The Morgan fingerprint density at radius 1 is 1.27 bits per heavy atom. The Labute approximate surface area is 125 Å². The minimum atomic E-state index is -0.739. The van der Waals surface area contributed by atoms with Crippen LogP contribution in [0.5, 0.6) is 0 Å². The molecule has 0 atom stereocenters. The molecule has 8 heteroatoms. The van der Waals surface area contributed by atoms with Crippen molar-refractivity contribution in [3.05, 3.63) is 35.6 Å². The van der Waals surface area contributed by atoms with E-state index < -0.39 is 18.5 Å². The van der Waals surface area contributed by atoms with E-state index in [2.05, 4.69) is 15.8 Å². The average molecular weight is 307 g/mol. The topological polar surface area (TPSA) is 96.9 Å². The molecule has 1 aliphatic heterocycles. The van der Waals surface area contributed by atoms with Crippen LogP contribution >= 0.6 is 0 Å². The molecule has 1 aliphatic rings. The predicted molar refractivity (Wildman–Crippen MR) is 74.0 cm³/mol. The molecular formula is C14H14FN3O4. The van der Waals surface area contributed by atoms with Gasteiger partial charge in [0.2, 0.25) is 5.91 Å². The molecule has 0 unspecified atom stereocenters. The van der Waals surface area contributed by atoms with Crippen LogP contribution < -0.4 is 10.7 Å². The Bertz CT molecular complexity index is 613. The summed E-state index contributed by atoms with van der Waals surface area (Å²) in [4.78, 5) is 34.0. The van der Waals surface area contributed by atoms with E-state index in [1.807, 2.05) is 0 Å². The minimum Gasteiger partial charge on any atom is -0.451 e. The summed E-state index contributed by atoms with van der Waals surface area (Å²) < 4.78 is 17.5. The van der Waals surface area contributed by atoms with E-state index in [1.165, 1.54) is 12.1 Å². The molecule has 1 aromatic rings. The number of esters is 1. The molecule has 0 aliphatic carbocycles. The molecule has 22 heavy (non-hydrogen) atoms. The van der Waals surface area contributed by atoms with E-state index in [4.69, 9.17) is 4.74 Å². The second kappa shape index (κ2) is 7.30. The molecule has 0 saturated heterocycles. The molecule has 1 aromatic carbocycles. The Balaban J connectivity index is 1.72.